The molecule has 0 N–H and O–H groups in total. The van der Waals surface area contributed by atoms with Gasteiger partial charge in [0.15, 0.2) is 0 Å². The number of carbonyl (C=O) groups excluding carboxylic acids is 1. The van der Waals surface area contributed by atoms with Crippen molar-refractivity contribution in [2.45, 2.75) is 17.9 Å². The standard InChI is InChI=1S/C18H20FNO3S/c1-13(18(21)20(2)16-7-5-4-6-8-16)24(22)12-14-11-15(19)9-10-17(14)23-3/h4-11,13H,12H2,1-3H3/t13-,24+/m1/s1. The summed E-state index contributed by atoms with van der Waals surface area (Å²) in [6.45, 7) is 1.61. The first-order valence-electron chi connectivity index (χ1n) is 7.46. The van der Waals surface area contributed by atoms with Crippen molar-refractivity contribution in [3.63, 3.8) is 0 Å². The van der Waals surface area contributed by atoms with Gasteiger partial charge >= 0.3 is 0 Å². The van der Waals surface area contributed by atoms with Gasteiger partial charge in [-0.1, -0.05) is 18.2 Å². The first-order valence-corrected chi connectivity index (χ1v) is 8.84. The van der Waals surface area contributed by atoms with Crippen molar-refractivity contribution in [3.05, 3.63) is 59.9 Å². The SMILES string of the molecule is COc1ccc(F)cc1C[S@](=O)[C@H](C)C(=O)N(C)c1ccccc1. The van der Waals surface area contributed by atoms with E-state index in [2.05, 4.69) is 0 Å². The Morgan fingerprint density at radius 1 is 1.25 bits per heavy atom. The van der Waals surface area contributed by atoms with Gasteiger partial charge < -0.3 is 9.64 Å². The quantitative estimate of drug-likeness (QED) is 0.805. The van der Waals surface area contributed by atoms with Crippen LogP contribution in [0.3, 0.4) is 0 Å². The van der Waals surface area contributed by atoms with Gasteiger partial charge in [0.2, 0.25) is 5.91 Å². The highest BCUT2D eigenvalue weighted by molar-refractivity contribution is 7.85. The first-order chi connectivity index (χ1) is 11.4. The molecule has 24 heavy (non-hydrogen) atoms. The minimum atomic E-state index is -1.50. The smallest absolute Gasteiger partial charge is 0.242 e. The summed E-state index contributed by atoms with van der Waals surface area (Å²) in [5.41, 5.74) is 1.22. The Kier molecular flexibility index (Phi) is 6.09. The molecule has 128 valence electrons. The minimum Gasteiger partial charge on any atom is -0.496 e. The topological polar surface area (TPSA) is 46.6 Å². The Bertz CT molecular complexity index is 736. The molecule has 2 aromatic rings. The molecule has 0 saturated heterocycles. The van der Waals surface area contributed by atoms with Gasteiger partial charge in [0.05, 0.1) is 12.9 Å². The number of benzene rings is 2. The Labute approximate surface area is 143 Å². The Morgan fingerprint density at radius 2 is 1.92 bits per heavy atom. The average Bonchev–Trinajstić information content (AvgIpc) is 2.60. The zero-order valence-corrected chi connectivity index (χ0v) is 14.7. The third-order valence-corrected chi connectivity index (χ3v) is 5.34. The second-order valence-electron chi connectivity index (χ2n) is 5.36. The molecule has 0 unspecified atom stereocenters. The third-order valence-electron chi connectivity index (χ3n) is 3.76. The van der Waals surface area contributed by atoms with Crippen molar-refractivity contribution < 1.29 is 18.1 Å². The summed E-state index contributed by atoms with van der Waals surface area (Å²) in [6, 6.07) is 13.2. The number of halogens is 1. The monoisotopic (exact) mass is 349 g/mol. The fourth-order valence-electron chi connectivity index (χ4n) is 2.30. The van der Waals surface area contributed by atoms with Crippen LogP contribution in [0, 0.1) is 5.82 Å². The molecule has 0 bridgehead atoms. The summed E-state index contributed by atoms with van der Waals surface area (Å²) in [5, 5.41) is -0.719. The van der Waals surface area contributed by atoms with Crippen molar-refractivity contribution in [2.24, 2.45) is 0 Å². The maximum Gasteiger partial charge on any atom is 0.242 e. The fraction of sp³-hybridized carbons (Fsp3) is 0.278. The molecular formula is C18H20FNO3S. The predicted molar refractivity (Wildman–Crippen MR) is 94.1 cm³/mol. The highest BCUT2D eigenvalue weighted by Crippen LogP contribution is 2.22. The van der Waals surface area contributed by atoms with Crippen molar-refractivity contribution >= 4 is 22.4 Å². The zero-order chi connectivity index (χ0) is 17.7. The summed E-state index contributed by atoms with van der Waals surface area (Å²) < 4.78 is 31.1. The van der Waals surface area contributed by atoms with Crippen LogP contribution in [0.15, 0.2) is 48.5 Å². The van der Waals surface area contributed by atoms with E-state index in [1.54, 1.807) is 14.0 Å². The molecule has 2 aromatic carbocycles. The molecule has 0 spiro atoms. The van der Waals surface area contributed by atoms with Crippen LogP contribution < -0.4 is 9.64 Å². The lowest BCUT2D eigenvalue weighted by Crippen LogP contribution is -2.37. The van der Waals surface area contributed by atoms with Crippen LogP contribution >= 0.6 is 0 Å². The summed E-state index contributed by atoms with van der Waals surface area (Å²) in [4.78, 5) is 14.0. The van der Waals surface area contributed by atoms with Gasteiger partial charge in [-0.25, -0.2) is 4.39 Å². The molecule has 4 nitrogen and oxygen atoms in total. The molecule has 2 rings (SSSR count). The highest BCUT2D eigenvalue weighted by atomic mass is 32.2. The van der Waals surface area contributed by atoms with Gasteiger partial charge in [0, 0.05) is 29.1 Å². The van der Waals surface area contributed by atoms with Crippen LogP contribution in [0.4, 0.5) is 10.1 Å². The number of carbonyl (C=O) groups is 1. The van der Waals surface area contributed by atoms with Crippen molar-refractivity contribution in [1.29, 1.82) is 0 Å². The maximum absolute atomic E-state index is 13.4. The lowest BCUT2D eigenvalue weighted by atomic mass is 10.2. The number of para-hydroxylation sites is 1. The van der Waals surface area contributed by atoms with E-state index in [1.807, 2.05) is 30.3 Å². The van der Waals surface area contributed by atoms with Crippen LogP contribution in [-0.2, 0) is 21.3 Å². The van der Waals surface area contributed by atoms with Crippen LogP contribution in [0.2, 0.25) is 0 Å². The fourth-order valence-corrected chi connectivity index (χ4v) is 3.47. The highest BCUT2D eigenvalue weighted by Gasteiger charge is 2.25. The number of rotatable bonds is 6. The average molecular weight is 349 g/mol. The molecule has 0 aliphatic rings. The Balaban J connectivity index is 2.12. The largest absolute Gasteiger partial charge is 0.496 e. The Morgan fingerprint density at radius 3 is 2.54 bits per heavy atom. The van der Waals surface area contributed by atoms with Crippen molar-refractivity contribution in [1.82, 2.24) is 0 Å². The van der Waals surface area contributed by atoms with E-state index < -0.39 is 21.9 Å². The lowest BCUT2D eigenvalue weighted by Gasteiger charge is -2.21. The molecule has 0 aliphatic heterocycles. The van der Waals surface area contributed by atoms with E-state index in [-0.39, 0.29) is 11.7 Å². The van der Waals surface area contributed by atoms with Crippen molar-refractivity contribution in [3.8, 4) is 5.75 Å². The van der Waals surface area contributed by atoms with E-state index in [0.717, 1.165) is 5.69 Å². The molecule has 0 saturated carbocycles. The van der Waals surface area contributed by atoms with E-state index in [4.69, 9.17) is 4.74 Å². The minimum absolute atomic E-state index is 0.0521. The van der Waals surface area contributed by atoms with E-state index >= 15 is 0 Å². The van der Waals surface area contributed by atoms with Gasteiger partial charge in [-0.2, -0.15) is 0 Å². The molecule has 0 heterocycles. The number of hydrogen-bond acceptors (Lipinski definition) is 3. The number of methoxy groups -OCH3 is 1. The summed E-state index contributed by atoms with van der Waals surface area (Å²) in [5.74, 6) is -0.171. The zero-order valence-electron chi connectivity index (χ0n) is 13.9. The number of amides is 1. The summed E-state index contributed by atoms with van der Waals surface area (Å²) in [6.07, 6.45) is 0. The van der Waals surface area contributed by atoms with Crippen LogP contribution in [0.25, 0.3) is 0 Å². The number of ether oxygens (including phenoxy) is 1. The number of anilines is 1. The second-order valence-corrected chi connectivity index (χ2v) is 7.11. The maximum atomic E-state index is 13.4. The van der Waals surface area contributed by atoms with E-state index in [1.165, 1.54) is 30.2 Å². The van der Waals surface area contributed by atoms with Gasteiger partial charge in [-0.05, 0) is 37.3 Å². The molecule has 0 radical (unpaired) electrons. The molecule has 0 aromatic heterocycles. The van der Waals surface area contributed by atoms with Gasteiger partial charge in [-0.3, -0.25) is 9.00 Å². The summed E-state index contributed by atoms with van der Waals surface area (Å²) in [7, 11) is 1.62. The second kappa shape index (κ2) is 8.06. The lowest BCUT2D eigenvalue weighted by molar-refractivity contribution is -0.117. The molecular weight excluding hydrogens is 329 g/mol. The normalized spacial score (nSPS) is 13.2. The van der Waals surface area contributed by atoms with Crippen molar-refractivity contribution in [2.75, 3.05) is 19.1 Å². The molecule has 0 aliphatic carbocycles. The van der Waals surface area contributed by atoms with Crippen LogP contribution in [0.5, 0.6) is 5.75 Å². The molecule has 6 heteroatoms. The molecule has 2 atom stereocenters. The number of hydrogen-bond donors (Lipinski definition) is 0. The van der Waals surface area contributed by atoms with E-state index in [9.17, 15) is 13.4 Å². The molecule has 1 amide bonds. The van der Waals surface area contributed by atoms with Gasteiger partial charge in [-0.15, -0.1) is 0 Å². The third kappa shape index (κ3) is 4.20. The molecule has 0 fully saturated rings. The number of nitrogens with zero attached hydrogens (tertiary/aromatic N) is 1. The van der Waals surface area contributed by atoms with Crippen LogP contribution in [-0.4, -0.2) is 29.5 Å². The van der Waals surface area contributed by atoms with E-state index in [0.29, 0.717) is 11.3 Å². The first kappa shape index (κ1) is 18.1. The van der Waals surface area contributed by atoms with Gasteiger partial charge in [0.25, 0.3) is 0 Å². The van der Waals surface area contributed by atoms with Gasteiger partial charge in [0.1, 0.15) is 16.8 Å². The Hall–Kier alpha value is -2.21. The van der Waals surface area contributed by atoms with Crippen LogP contribution in [0.1, 0.15) is 12.5 Å². The predicted octanol–water partition coefficient (Wildman–Crippen LogP) is 3.13. The summed E-state index contributed by atoms with van der Waals surface area (Å²) >= 11 is 0.